The number of aromatic carboxylic acids is 1. The molecule has 0 spiro atoms. The molecule has 1 N–H and O–H groups in total. The van der Waals surface area contributed by atoms with Crippen LogP contribution in [0.15, 0.2) is 65.1 Å². The smallest absolute Gasteiger partial charge is 0.335 e. The summed E-state index contributed by atoms with van der Waals surface area (Å²) >= 11 is 6.54. The number of amides is 1. The highest BCUT2D eigenvalue weighted by atomic mass is 32.2. The van der Waals surface area contributed by atoms with Crippen molar-refractivity contribution in [1.82, 2.24) is 0 Å². The molecular formula is C20H13NO4S2. The molecule has 0 saturated carbocycles. The second-order valence-corrected chi connectivity index (χ2v) is 7.59. The van der Waals surface area contributed by atoms with Gasteiger partial charge in [-0.2, -0.15) is 0 Å². The zero-order chi connectivity index (χ0) is 19.0. The summed E-state index contributed by atoms with van der Waals surface area (Å²) in [5.74, 6) is -0.513. The Bertz CT molecular complexity index is 1040. The van der Waals surface area contributed by atoms with Crippen molar-refractivity contribution in [2.45, 2.75) is 0 Å². The molecule has 2 heterocycles. The van der Waals surface area contributed by atoms with Gasteiger partial charge in [-0.05, 0) is 42.0 Å². The lowest BCUT2D eigenvalue weighted by molar-refractivity contribution is -0.113. The van der Waals surface area contributed by atoms with E-state index in [0.717, 1.165) is 16.9 Å². The zero-order valence-corrected chi connectivity index (χ0v) is 15.5. The van der Waals surface area contributed by atoms with Crippen LogP contribution in [0.1, 0.15) is 15.9 Å². The van der Waals surface area contributed by atoms with Gasteiger partial charge in [-0.1, -0.05) is 48.2 Å². The second kappa shape index (κ2) is 7.02. The first kappa shape index (κ1) is 17.5. The molecule has 1 fully saturated rings. The summed E-state index contributed by atoms with van der Waals surface area (Å²) in [4.78, 5) is 25.9. The Labute approximate surface area is 164 Å². The number of nitrogens with zero attached hydrogens (tertiary/aromatic N) is 1. The van der Waals surface area contributed by atoms with Gasteiger partial charge in [0.2, 0.25) is 0 Å². The van der Waals surface area contributed by atoms with E-state index in [1.807, 2.05) is 30.3 Å². The Morgan fingerprint density at radius 2 is 2.04 bits per heavy atom. The minimum absolute atomic E-state index is 0.102. The number of thiocarbonyl (C=S) groups is 1. The van der Waals surface area contributed by atoms with Crippen LogP contribution in [0, 0.1) is 0 Å². The fourth-order valence-corrected chi connectivity index (χ4v) is 4.17. The number of carbonyl (C=O) groups excluding carboxylic acids is 1. The van der Waals surface area contributed by atoms with Gasteiger partial charge < -0.3 is 9.84 Å². The van der Waals surface area contributed by atoms with Crippen LogP contribution in [0.2, 0.25) is 0 Å². The summed E-state index contributed by atoms with van der Waals surface area (Å²) < 4.78 is 6.08. The molecule has 2 aliphatic heterocycles. The van der Waals surface area contributed by atoms with E-state index < -0.39 is 5.97 Å². The summed E-state index contributed by atoms with van der Waals surface area (Å²) in [6.07, 6.45) is 3.76. The number of anilines is 1. The maximum Gasteiger partial charge on any atom is 0.335 e. The van der Waals surface area contributed by atoms with Crippen molar-refractivity contribution in [3.63, 3.8) is 0 Å². The Balaban J connectivity index is 1.64. The summed E-state index contributed by atoms with van der Waals surface area (Å²) in [6.45, 7) is 0.371. The predicted octanol–water partition coefficient (Wildman–Crippen LogP) is 4.11. The average Bonchev–Trinajstić information content (AvgIpc) is 2.95. The van der Waals surface area contributed by atoms with Gasteiger partial charge in [0.1, 0.15) is 12.4 Å². The first-order valence-electron chi connectivity index (χ1n) is 8.06. The Kier molecular flexibility index (Phi) is 4.55. The van der Waals surface area contributed by atoms with Crippen LogP contribution in [-0.2, 0) is 4.79 Å². The number of carboxylic acids is 1. The highest BCUT2D eigenvalue weighted by Gasteiger charge is 2.34. The Hall–Kier alpha value is -2.90. The number of hydrogen-bond donors (Lipinski definition) is 1. The molecule has 27 heavy (non-hydrogen) atoms. The van der Waals surface area contributed by atoms with Crippen molar-refractivity contribution in [2.24, 2.45) is 0 Å². The van der Waals surface area contributed by atoms with E-state index in [1.165, 1.54) is 28.8 Å². The summed E-state index contributed by atoms with van der Waals surface area (Å²) in [7, 11) is 0. The predicted molar refractivity (Wildman–Crippen MR) is 109 cm³/mol. The molecule has 1 saturated heterocycles. The standard InChI is InChI=1S/C20H13NO4S2/c22-18-17(9-12-8-13-4-1-2-7-16(13)25-11-12)27-20(26)21(18)15-6-3-5-14(10-15)19(23)24/h1-10H,11H2,(H,23,24)/b17-9+. The molecule has 0 radical (unpaired) electrons. The number of para-hydroxylation sites is 1. The van der Waals surface area contributed by atoms with Crippen molar-refractivity contribution in [3.05, 3.63) is 76.2 Å². The summed E-state index contributed by atoms with van der Waals surface area (Å²) in [5.41, 5.74) is 2.37. The van der Waals surface area contributed by atoms with Crippen LogP contribution < -0.4 is 9.64 Å². The number of benzene rings is 2. The summed E-state index contributed by atoms with van der Waals surface area (Å²) in [6, 6.07) is 13.9. The third-order valence-corrected chi connectivity index (χ3v) is 5.42. The number of fused-ring (bicyclic) bond motifs is 1. The van der Waals surface area contributed by atoms with Gasteiger partial charge in [-0.25, -0.2) is 4.79 Å². The number of carbonyl (C=O) groups is 2. The van der Waals surface area contributed by atoms with Gasteiger partial charge in [0, 0.05) is 5.56 Å². The SMILES string of the molecule is O=C(O)c1cccc(N2C(=O)/C(=C\C3=Cc4ccccc4OC3)SC2=S)c1. The average molecular weight is 395 g/mol. The van der Waals surface area contributed by atoms with E-state index in [2.05, 4.69) is 0 Å². The molecule has 1 amide bonds. The van der Waals surface area contributed by atoms with E-state index in [-0.39, 0.29) is 11.5 Å². The molecule has 0 bridgehead atoms. The van der Waals surface area contributed by atoms with Gasteiger partial charge >= 0.3 is 5.97 Å². The van der Waals surface area contributed by atoms with Crippen molar-refractivity contribution in [3.8, 4) is 5.75 Å². The van der Waals surface area contributed by atoms with Crippen LogP contribution >= 0.6 is 24.0 Å². The van der Waals surface area contributed by atoms with Crippen LogP contribution in [0.25, 0.3) is 6.08 Å². The monoisotopic (exact) mass is 395 g/mol. The normalized spacial score (nSPS) is 17.6. The first-order chi connectivity index (χ1) is 13.0. The molecule has 2 aliphatic rings. The molecule has 134 valence electrons. The van der Waals surface area contributed by atoms with Crippen molar-refractivity contribution >= 4 is 51.9 Å². The maximum atomic E-state index is 12.9. The van der Waals surface area contributed by atoms with Crippen LogP contribution in [-0.4, -0.2) is 27.9 Å². The minimum Gasteiger partial charge on any atom is -0.488 e. The van der Waals surface area contributed by atoms with E-state index in [1.54, 1.807) is 18.2 Å². The van der Waals surface area contributed by atoms with E-state index in [4.69, 9.17) is 22.1 Å². The zero-order valence-electron chi connectivity index (χ0n) is 13.9. The highest BCUT2D eigenvalue weighted by Crippen LogP contribution is 2.36. The lowest BCUT2D eigenvalue weighted by Crippen LogP contribution is -2.27. The van der Waals surface area contributed by atoms with Crippen molar-refractivity contribution < 1.29 is 19.4 Å². The van der Waals surface area contributed by atoms with Gasteiger partial charge in [0.05, 0.1) is 16.2 Å². The Morgan fingerprint density at radius 1 is 1.22 bits per heavy atom. The topological polar surface area (TPSA) is 66.8 Å². The number of ether oxygens (including phenoxy) is 1. The van der Waals surface area contributed by atoms with Crippen molar-refractivity contribution in [2.75, 3.05) is 11.5 Å². The number of carboxylic acid groups (broad SMARTS) is 1. The van der Waals surface area contributed by atoms with Gasteiger partial charge in [0.25, 0.3) is 5.91 Å². The molecule has 0 atom stereocenters. The van der Waals surface area contributed by atoms with Gasteiger partial charge in [-0.15, -0.1) is 0 Å². The highest BCUT2D eigenvalue weighted by molar-refractivity contribution is 8.27. The molecule has 0 aliphatic carbocycles. The van der Waals surface area contributed by atoms with Gasteiger partial charge in [0.15, 0.2) is 4.32 Å². The Morgan fingerprint density at radius 3 is 2.85 bits per heavy atom. The lowest BCUT2D eigenvalue weighted by Gasteiger charge is -2.16. The molecule has 5 nitrogen and oxygen atoms in total. The fourth-order valence-electron chi connectivity index (χ4n) is 2.85. The second-order valence-electron chi connectivity index (χ2n) is 5.92. The molecule has 2 aromatic rings. The fraction of sp³-hybridized carbons (Fsp3) is 0.0500. The van der Waals surface area contributed by atoms with E-state index in [0.29, 0.717) is 21.5 Å². The van der Waals surface area contributed by atoms with Crippen LogP contribution in [0.4, 0.5) is 5.69 Å². The molecule has 7 heteroatoms. The molecule has 0 unspecified atom stereocenters. The van der Waals surface area contributed by atoms with E-state index in [9.17, 15) is 9.59 Å². The van der Waals surface area contributed by atoms with Crippen LogP contribution in [0.3, 0.4) is 0 Å². The maximum absolute atomic E-state index is 12.9. The first-order valence-corrected chi connectivity index (χ1v) is 9.29. The molecule has 4 rings (SSSR count). The largest absolute Gasteiger partial charge is 0.488 e. The molecule has 0 aromatic heterocycles. The molecule has 2 aromatic carbocycles. The molecular weight excluding hydrogens is 382 g/mol. The minimum atomic E-state index is -1.05. The number of thioether (sulfide) groups is 1. The lowest BCUT2D eigenvalue weighted by atomic mass is 10.1. The summed E-state index contributed by atoms with van der Waals surface area (Å²) in [5, 5.41) is 9.16. The third-order valence-electron chi connectivity index (χ3n) is 4.12. The van der Waals surface area contributed by atoms with Gasteiger partial charge in [-0.3, -0.25) is 9.69 Å². The number of rotatable bonds is 3. The van der Waals surface area contributed by atoms with Crippen LogP contribution in [0.5, 0.6) is 5.75 Å². The third kappa shape index (κ3) is 3.39. The van der Waals surface area contributed by atoms with Crippen molar-refractivity contribution in [1.29, 1.82) is 0 Å². The number of hydrogen-bond acceptors (Lipinski definition) is 5. The van der Waals surface area contributed by atoms with E-state index >= 15 is 0 Å². The quantitative estimate of drug-likeness (QED) is 0.623.